The largest absolute Gasteiger partial charge is 0.316 e. The molecule has 1 rings (SSSR count). The summed E-state index contributed by atoms with van der Waals surface area (Å²) >= 11 is 0. The fourth-order valence-corrected chi connectivity index (χ4v) is 1.34. The van der Waals surface area contributed by atoms with Gasteiger partial charge < -0.3 is 4.57 Å². The topological polar surface area (TPSA) is 42.9 Å². The average molecular weight is 170 g/mol. The molecule has 0 saturated heterocycles. The van der Waals surface area contributed by atoms with Gasteiger partial charge in [-0.2, -0.15) is 0 Å². The molecule has 0 aromatic carbocycles. The highest BCUT2D eigenvalue weighted by molar-refractivity contribution is 7.69. The Morgan fingerprint density at radius 2 is 1.73 bits per heavy atom. The summed E-state index contributed by atoms with van der Waals surface area (Å²) in [5, 5.41) is 0. The van der Waals surface area contributed by atoms with E-state index >= 15 is 0 Å². The standard InChI is InChI=1S/C7H11N2OP/c1-6-4-8-7(9-5-6)11(2,3)10/h4-5H,1-3H3. The lowest BCUT2D eigenvalue weighted by Crippen LogP contribution is -2.12. The molecule has 0 aliphatic rings. The minimum absolute atomic E-state index is 0.461. The minimum atomic E-state index is -2.26. The molecule has 1 aromatic rings. The number of aromatic nitrogens is 2. The second-order valence-corrected chi connectivity index (χ2v) is 6.01. The van der Waals surface area contributed by atoms with Gasteiger partial charge in [-0.15, -0.1) is 0 Å². The number of nitrogens with zero attached hydrogens (tertiary/aromatic N) is 2. The Labute approximate surface area is 66.3 Å². The van der Waals surface area contributed by atoms with Crippen LogP contribution in [-0.2, 0) is 4.57 Å². The summed E-state index contributed by atoms with van der Waals surface area (Å²) in [5.41, 5.74) is 1.45. The molecular weight excluding hydrogens is 159 g/mol. The number of hydrogen-bond donors (Lipinski definition) is 0. The maximum Gasteiger partial charge on any atom is 0.188 e. The molecule has 0 fully saturated rings. The van der Waals surface area contributed by atoms with Crippen LogP contribution < -0.4 is 5.57 Å². The van der Waals surface area contributed by atoms with Crippen LogP contribution in [0.15, 0.2) is 12.4 Å². The van der Waals surface area contributed by atoms with Gasteiger partial charge in [0.2, 0.25) is 0 Å². The molecule has 0 unspecified atom stereocenters. The van der Waals surface area contributed by atoms with Gasteiger partial charge in [0.15, 0.2) is 5.57 Å². The molecule has 0 aliphatic carbocycles. The SMILES string of the molecule is Cc1cnc(P(C)(C)=O)nc1. The molecule has 0 saturated carbocycles. The Morgan fingerprint density at radius 3 is 2.09 bits per heavy atom. The van der Waals surface area contributed by atoms with Crippen LogP contribution >= 0.6 is 7.14 Å². The predicted molar refractivity (Wildman–Crippen MR) is 45.9 cm³/mol. The number of rotatable bonds is 1. The van der Waals surface area contributed by atoms with E-state index in [1.807, 2.05) is 6.92 Å². The number of hydrogen-bond acceptors (Lipinski definition) is 3. The van der Waals surface area contributed by atoms with Crippen LogP contribution in [0.3, 0.4) is 0 Å². The third kappa shape index (κ3) is 2.12. The van der Waals surface area contributed by atoms with Gasteiger partial charge in [-0.05, 0) is 25.8 Å². The molecule has 4 heteroatoms. The Hall–Kier alpha value is -0.690. The second kappa shape index (κ2) is 2.74. The van der Waals surface area contributed by atoms with Gasteiger partial charge in [0.1, 0.15) is 7.14 Å². The van der Waals surface area contributed by atoms with E-state index in [4.69, 9.17) is 0 Å². The predicted octanol–water partition coefficient (Wildman–Crippen LogP) is 1.03. The van der Waals surface area contributed by atoms with Crippen molar-refractivity contribution in [1.29, 1.82) is 0 Å². The Balaban J connectivity index is 3.09. The first-order valence-corrected chi connectivity index (χ1v) is 5.94. The first kappa shape index (κ1) is 8.41. The van der Waals surface area contributed by atoms with Crippen molar-refractivity contribution in [2.24, 2.45) is 0 Å². The van der Waals surface area contributed by atoms with Crippen LogP contribution in [0.4, 0.5) is 0 Å². The smallest absolute Gasteiger partial charge is 0.188 e. The van der Waals surface area contributed by atoms with E-state index in [-0.39, 0.29) is 0 Å². The first-order chi connectivity index (χ1) is 5.00. The normalized spacial score (nSPS) is 11.5. The summed E-state index contributed by atoms with van der Waals surface area (Å²) in [7, 11) is -2.26. The molecule has 0 amide bonds. The van der Waals surface area contributed by atoms with Crippen LogP contribution in [0.1, 0.15) is 5.56 Å². The van der Waals surface area contributed by atoms with Crippen LogP contribution in [0.2, 0.25) is 0 Å². The summed E-state index contributed by atoms with van der Waals surface area (Å²) in [6, 6.07) is 0. The van der Waals surface area contributed by atoms with Crippen molar-refractivity contribution in [2.45, 2.75) is 6.92 Å². The van der Waals surface area contributed by atoms with Crippen molar-refractivity contribution in [1.82, 2.24) is 9.97 Å². The summed E-state index contributed by atoms with van der Waals surface area (Å²) in [5.74, 6) is 0. The zero-order chi connectivity index (χ0) is 8.48. The van der Waals surface area contributed by atoms with Crippen molar-refractivity contribution in [3.63, 3.8) is 0 Å². The average Bonchev–Trinajstić information content (AvgIpc) is 1.86. The van der Waals surface area contributed by atoms with E-state index in [0.717, 1.165) is 5.56 Å². The Morgan fingerprint density at radius 1 is 1.27 bits per heavy atom. The van der Waals surface area contributed by atoms with E-state index in [2.05, 4.69) is 9.97 Å². The monoisotopic (exact) mass is 170 g/mol. The van der Waals surface area contributed by atoms with Gasteiger partial charge in [-0.1, -0.05) is 0 Å². The van der Waals surface area contributed by atoms with E-state index in [9.17, 15) is 4.57 Å². The minimum Gasteiger partial charge on any atom is -0.316 e. The quantitative estimate of drug-likeness (QED) is 0.591. The van der Waals surface area contributed by atoms with Gasteiger partial charge in [-0.3, -0.25) is 0 Å². The van der Waals surface area contributed by atoms with Crippen LogP contribution in [0, 0.1) is 6.92 Å². The lowest BCUT2D eigenvalue weighted by Gasteiger charge is -2.02. The van der Waals surface area contributed by atoms with E-state index in [1.165, 1.54) is 0 Å². The van der Waals surface area contributed by atoms with Crippen molar-refractivity contribution in [3.8, 4) is 0 Å². The van der Waals surface area contributed by atoms with Crippen molar-refractivity contribution in [2.75, 3.05) is 13.3 Å². The van der Waals surface area contributed by atoms with E-state index in [1.54, 1.807) is 25.7 Å². The van der Waals surface area contributed by atoms with E-state index in [0.29, 0.717) is 5.57 Å². The van der Waals surface area contributed by atoms with Crippen molar-refractivity contribution >= 4 is 12.7 Å². The second-order valence-electron chi connectivity index (χ2n) is 2.91. The molecule has 3 nitrogen and oxygen atoms in total. The van der Waals surface area contributed by atoms with Gasteiger partial charge in [0, 0.05) is 12.4 Å². The molecule has 0 atom stereocenters. The van der Waals surface area contributed by atoms with Crippen molar-refractivity contribution < 1.29 is 4.57 Å². The highest BCUT2D eigenvalue weighted by Crippen LogP contribution is 2.31. The third-order valence-corrected chi connectivity index (χ3v) is 2.44. The molecule has 60 valence electrons. The van der Waals surface area contributed by atoms with Crippen LogP contribution in [0.5, 0.6) is 0 Å². The van der Waals surface area contributed by atoms with Gasteiger partial charge in [-0.25, -0.2) is 9.97 Å². The number of aryl methyl sites for hydroxylation is 1. The summed E-state index contributed by atoms with van der Waals surface area (Å²) in [4.78, 5) is 7.95. The molecule has 1 heterocycles. The zero-order valence-corrected chi connectivity index (χ0v) is 7.80. The lowest BCUT2D eigenvalue weighted by molar-refractivity contribution is 0.587. The molecule has 11 heavy (non-hydrogen) atoms. The van der Waals surface area contributed by atoms with E-state index < -0.39 is 7.14 Å². The maximum absolute atomic E-state index is 11.4. The summed E-state index contributed by atoms with van der Waals surface area (Å²) < 4.78 is 11.4. The van der Waals surface area contributed by atoms with Crippen molar-refractivity contribution in [3.05, 3.63) is 18.0 Å². The van der Waals surface area contributed by atoms with Gasteiger partial charge in [0.25, 0.3) is 0 Å². The van der Waals surface area contributed by atoms with Gasteiger partial charge in [0.05, 0.1) is 0 Å². The molecule has 0 N–H and O–H groups in total. The molecule has 0 aliphatic heterocycles. The summed E-state index contributed by atoms with van der Waals surface area (Å²) in [6.45, 7) is 5.23. The van der Waals surface area contributed by atoms with Crippen LogP contribution in [-0.4, -0.2) is 23.3 Å². The van der Waals surface area contributed by atoms with Crippen LogP contribution in [0.25, 0.3) is 0 Å². The fourth-order valence-electron chi connectivity index (χ4n) is 0.664. The molecule has 0 radical (unpaired) electrons. The zero-order valence-electron chi connectivity index (χ0n) is 6.90. The van der Waals surface area contributed by atoms with Gasteiger partial charge >= 0.3 is 0 Å². The highest BCUT2D eigenvalue weighted by Gasteiger charge is 2.13. The first-order valence-electron chi connectivity index (χ1n) is 3.34. The maximum atomic E-state index is 11.4. The fraction of sp³-hybridized carbons (Fsp3) is 0.429. The Kier molecular flexibility index (Phi) is 2.10. The Bertz CT molecular complexity index is 288. The molecule has 0 spiro atoms. The lowest BCUT2D eigenvalue weighted by atomic mass is 10.4. The molecular formula is C7H11N2OP. The molecule has 1 aromatic heterocycles. The molecule has 0 bridgehead atoms. The summed E-state index contributed by atoms with van der Waals surface area (Å²) in [6.07, 6.45) is 3.37. The highest BCUT2D eigenvalue weighted by atomic mass is 31.2. The third-order valence-electron chi connectivity index (χ3n) is 1.25.